The van der Waals surface area contributed by atoms with E-state index >= 15 is 0 Å². The fraction of sp³-hybridized carbons (Fsp3) is 0.250. The summed E-state index contributed by atoms with van der Waals surface area (Å²) in [5.74, 6) is 2.55. The van der Waals surface area contributed by atoms with E-state index in [2.05, 4.69) is 6.92 Å². The second-order valence-electron chi connectivity index (χ2n) is 4.35. The van der Waals surface area contributed by atoms with Gasteiger partial charge in [-0.3, -0.25) is 0 Å². The summed E-state index contributed by atoms with van der Waals surface area (Å²) in [6, 6.07) is 11.1. The quantitative estimate of drug-likeness (QED) is 0.845. The molecule has 0 aliphatic carbocycles. The number of nitrogens with two attached hydrogens (primary N) is 1. The smallest absolute Gasteiger partial charge is 0.211 e. The van der Waals surface area contributed by atoms with Crippen molar-refractivity contribution in [1.29, 1.82) is 0 Å². The number of benzene rings is 2. The number of anilines is 1. The zero-order valence-corrected chi connectivity index (χ0v) is 12.0. The van der Waals surface area contributed by atoms with Gasteiger partial charge >= 0.3 is 0 Å². The van der Waals surface area contributed by atoms with Gasteiger partial charge in [0.15, 0.2) is 11.5 Å². The molecule has 0 aromatic heterocycles. The monoisotopic (exact) mass is 273 g/mol. The summed E-state index contributed by atoms with van der Waals surface area (Å²) in [5.41, 5.74) is 7.49. The first kappa shape index (κ1) is 14.1. The molecule has 0 saturated carbocycles. The lowest BCUT2D eigenvalue weighted by molar-refractivity contribution is 0.345. The second-order valence-corrected chi connectivity index (χ2v) is 4.35. The largest absolute Gasteiger partial charge is 0.493 e. The Hall–Kier alpha value is -2.36. The van der Waals surface area contributed by atoms with Crippen LogP contribution in [0.4, 0.5) is 5.69 Å². The van der Waals surface area contributed by atoms with Gasteiger partial charge in [0.2, 0.25) is 5.75 Å². The third-order valence-electron chi connectivity index (χ3n) is 3.03. The number of nitrogen functional groups attached to an aromatic ring is 1. The molecule has 0 aliphatic heterocycles. The van der Waals surface area contributed by atoms with Crippen LogP contribution in [-0.2, 0) is 6.42 Å². The summed E-state index contributed by atoms with van der Waals surface area (Å²) in [6.45, 7) is 2.08. The number of methoxy groups -OCH3 is 2. The van der Waals surface area contributed by atoms with Gasteiger partial charge in [0.25, 0.3) is 0 Å². The zero-order chi connectivity index (χ0) is 14.5. The fourth-order valence-corrected chi connectivity index (χ4v) is 1.89. The SMILES string of the molecule is CCc1cc(OC)c(Oc2ccc(N)cc2)c(OC)c1. The summed E-state index contributed by atoms with van der Waals surface area (Å²) in [6.07, 6.45) is 0.898. The van der Waals surface area contributed by atoms with Crippen molar-refractivity contribution in [2.45, 2.75) is 13.3 Å². The minimum Gasteiger partial charge on any atom is -0.493 e. The Morgan fingerprint density at radius 3 is 1.95 bits per heavy atom. The Morgan fingerprint density at radius 1 is 0.950 bits per heavy atom. The van der Waals surface area contributed by atoms with Gasteiger partial charge in [-0.15, -0.1) is 0 Å². The van der Waals surface area contributed by atoms with Crippen LogP contribution in [0.2, 0.25) is 0 Å². The van der Waals surface area contributed by atoms with Crippen LogP contribution in [0, 0.1) is 0 Å². The molecule has 4 nitrogen and oxygen atoms in total. The van der Waals surface area contributed by atoms with E-state index in [1.807, 2.05) is 24.3 Å². The van der Waals surface area contributed by atoms with Crippen LogP contribution >= 0.6 is 0 Å². The molecule has 0 aliphatic rings. The predicted molar refractivity (Wildman–Crippen MR) is 79.9 cm³/mol. The normalized spacial score (nSPS) is 10.2. The second kappa shape index (κ2) is 6.19. The standard InChI is InChI=1S/C16H19NO3/c1-4-11-9-14(18-2)16(15(10-11)19-3)20-13-7-5-12(17)6-8-13/h5-10H,4,17H2,1-3H3. The van der Waals surface area contributed by atoms with E-state index in [9.17, 15) is 0 Å². The summed E-state index contributed by atoms with van der Waals surface area (Å²) < 4.78 is 16.7. The first-order valence-corrected chi connectivity index (χ1v) is 6.46. The van der Waals surface area contributed by atoms with Crippen molar-refractivity contribution >= 4 is 5.69 Å². The Kier molecular flexibility index (Phi) is 4.35. The summed E-state index contributed by atoms with van der Waals surface area (Å²) in [5, 5.41) is 0. The molecule has 0 atom stereocenters. The van der Waals surface area contributed by atoms with Gasteiger partial charge in [-0.25, -0.2) is 0 Å². The van der Waals surface area contributed by atoms with Crippen LogP contribution in [0.1, 0.15) is 12.5 Å². The molecule has 4 heteroatoms. The molecule has 0 spiro atoms. The molecule has 106 valence electrons. The van der Waals surface area contributed by atoms with Gasteiger partial charge in [-0.2, -0.15) is 0 Å². The summed E-state index contributed by atoms with van der Waals surface area (Å²) >= 11 is 0. The van der Waals surface area contributed by atoms with Gasteiger partial charge in [0.05, 0.1) is 14.2 Å². The predicted octanol–water partition coefficient (Wildman–Crippen LogP) is 3.64. The average Bonchev–Trinajstić information content (AvgIpc) is 2.49. The number of aryl methyl sites for hydroxylation is 1. The minimum absolute atomic E-state index is 0.567. The molecular weight excluding hydrogens is 254 g/mol. The fourth-order valence-electron chi connectivity index (χ4n) is 1.89. The first-order chi connectivity index (χ1) is 9.67. The lowest BCUT2D eigenvalue weighted by Gasteiger charge is -2.15. The Labute approximate surface area is 119 Å². The van der Waals surface area contributed by atoms with E-state index in [1.165, 1.54) is 0 Å². The van der Waals surface area contributed by atoms with Crippen molar-refractivity contribution in [3.05, 3.63) is 42.0 Å². The molecule has 0 unspecified atom stereocenters. The van der Waals surface area contributed by atoms with E-state index in [4.69, 9.17) is 19.9 Å². The van der Waals surface area contributed by atoms with E-state index in [0.717, 1.165) is 12.0 Å². The van der Waals surface area contributed by atoms with Crippen LogP contribution in [0.3, 0.4) is 0 Å². The molecule has 2 rings (SSSR count). The van der Waals surface area contributed by atoms with E-state index in [-0.39, 0.29) is 0 Å². The van der Waals surface area contributed by atoms with Gasteiger partial charge in [-0.05, 0) is 48.4 Å². The van der Waals surface area contributed by atoms with Crippen molar-refractivity contribution in [2.24, 2.45) is 0 Å². The van der Waals surface area contributed by atoms with Crippen LogP contribution < -0.4 is 19.9 Å². The molecule has 0 saturated heterocycles. The van der Waals surface area contributed by atoms with Crippen LogP contribution in [-0.4, -0.2) is 14.2 Å². The van der Waals surface area contributed by atoms with E-state index in [0.29, 0.717) is 28.7 Å². The maximum absolute atomic E-state index is 5.87. The zero-order valence-electron chi connectivity index (χ0n) is 12.0. The Morgan fingerprint density at radius 2 is 1.50 bits per heavy atom. The number of hydrogen-bond acceptors (Lipinski definition) is 4. The third-order valence-corrected chi connectivity index (χ3v) is 3.03. The van der Waals surface area contributed by atoms with Crippen LogP contribution in [0.25, 0.3) is 0 Å². The topological polar surface area (TPSA) is 53.7 Å². The van der Waals surface area contributed by atoms with Crippen molar-refractivity contribution in [3.8, 4) is 23.0 Å². The lowest BCUT2D eigenvalue weighted by atomic mass is 10.1. The number of rotatable bonds is 5. The number of hydrogen-bond donors (Lipinski definition) is 1. The van der Waals surface area contributed by atoms with Crippen LogP contribution in [0.5, 0.6) is 23.0 Å². The number of ether oxygens (including phenoxy) is 3. The maximum atomic E-state index is 5.87. The highest BCUT2D eigenvalue weighted by molar-refractivity contribution is 5.56. The summed E-state index contributed by atoms with van der Waals surface area (Å²) in [4.78, 5) is 0. The minimum atomic E-state index is 0.567. The highest BCUT2D eigenvalue weighted by Crippen LogP contribution is 2.41. The van der Waals surface area contributed by atoms with Crippen molar-refractivity contribution in [1.82, 2.24) is 0 Å². The van der Waals surface area contributed by atoms with E-state index in [1.54, 1.807) is 26.4 Å². The molecule has 20 heavy (non-hydrogen) atoms. The molecular formula is C16H19NO3. The Bertz CT molecular complexity index is 554. The van der Waals surface area contributed by atoms with E-state index < -0.39 is 0 Å². The molecule has 2 N–H and O–H groups in total. The highest BCUT2D eigenvalue weighted by Gasteiger charge is 2.14. The van der Waals surface area contributed by atoms with Crippen molar-refractivity contribution in [2.75, 3.05) is 20.0 Å². The first-order valence-electron chi connectivity index (χ1n) is 6.46. The molecule has 0 radical (unpaired) electrons. The van der Waals surface area contributed by atoms with Gasteiger partial charge in [0.1, 0.15) is 5.75 Å². The van der Waals surface area contributed by atoms with Gasteiger partial charge in [-0.1, -0.05) is 6.92 Å². The van der Waals surface area contributed by atoms with Crippen molar-refractivity contribution in [3.63, 3.8) is 0 Å². The molecule has 2 aromatic carbocycles. The highest BCUT2D eigenvalue weighted by atomic mass is 16.5. The third kappa shape index (κ3) is 2.96. The average molecular weight is 273 g/mol. The maximum Gasteiger partial charge on any atom is 0.211 e. The Balaban J connectivity index is 2.41. The summed E-state index contributed by atoms with van der Waals surface area (Å²) in [7, 11) is 3.23. The van der Waals surface area contributed by atoms with Gasteiger partial charge < -0.3 is 19.9 Å². The molecule has 2 aromatic rings. The molecule has 0 heterocycles. The molecule has 0 fully saturated rings. The van der Waals surface area contributed by atoms with Gasteiger partial charge in [0, 0.05) is 5.69 Å². The lowest BCUT2D eigenvalue weighted by Crippen LogP contribution is -1.96. The van der Waals surface area contributed by atoms with Crippen LogP contribution in [0.15, 0.2) is 36.4 Å². The molecule has 0 amide bonds. The molecule has 0 bridgehead atoms. The van der Waals surface area contributed by atoms with Crippen molar-refractivity contribution < 1.29 is 14.2 Å².